The maximum Gasteiger partial charge on any atom is 0.255 e. The minimum absolute atomic E-state index is 0.126. The molecule has 1 saturated carbocycles. The zero-order valence-electron chi connectivity index (χ0n) is 18.3. The summed E-state index contributed by atoms with van der Waals surface area (Å²) >= 11 is 0. The zero-order chi connectivity index (χ0) is 22.1. The molecule has 2 heterocycles. The number of aromatic nitrogens is 3. The van der Waals surface area contributed by atoms with Crippen LogP contribution < -0.4 is 10.1 Å². The number of Topliss-reactive ketones (excluding diaryl/α,β-unsaturated/α-hetero) is 1. The van der Waals surface area contributed by atoms with Crippen molar-refractivity contribution in [2.75, 3.05) is 0 Å². The van der Waals surface area contributed by atoms with E-state index in [4.69, 9.17) is 4.74 Å². The second kappa shape index (κ2) is 8.73. The molecule has 2 aliphatic rings. The molecule has 166 valence electrons. The molecule has 0 spiro atoms. The Hall–Kier alpha value is -3.22. The number of fused-ring (bicyclic) bond motifs is 2. The molecular formula is C25H28N4O3. The first-order chi connectivity index (χ1) is 15.6. The van der Waals surface area contributed by atoms with Gasteiger partial charge in [0.2, 0.25) is 5.88 Å². The summed E-state index contributed by atoms with van der Waals surface area (Å²) in [6.07, 6.45) is 11.4. The number of hydrogen-bond donors (Lipinski definition) is 2. The van der Waals surface area contributed by atoms with Crippen molar-refractivity contribution in [2.24, 2.45) is 0 Å². The number of nitrogens with zero attached hydrogens (tertiary/aromatic N) is 2. The van der Waals surface area contributed by atoms with Crippen LogP contribution in [0.1, 0.15) is 79.3 Å². The average molecular weight is 433 g/mol. The molecule has 1 amide bonds. The molecule has 0 saturated heterocycles. The molecule has 1 fully saturated rings. The van der Waals surface area contributed by atoms with Crippen LogP contribution in [-0.4, -0.2) is 32.7 Å². The van der Waals surface area contributed by atoms with E-state index in [0.29, 0.717) is 34.8 Å². The van der Waals surface area contributed by atoms with Crippen molar-refractivity contribution in [3.63, 3.8) is 0 Å². The molecule has 0 radical (unpaired) electrons. The Kier molecular flexibility index (Phi) is 5.64. The molecule has 7 heteroatoms. The highest BCUT2D eigenvalue weighted by atomic mass is 16.5. The molecule has 0 aliphatic heterocycles. The zero-order valence-corrected chi connectivity index (χ0v) is 18.3. The highest BCUT2D eigenvalue weighted by Crippen LogP contribution is 2.38. The highest BCUT2D eigenvalue weighted by molar-refractivity contribution is 6.04. The van der Waals surface area contributed by atoms with Crippen LogP contribution in [0.5, 0.6) is 11.6 Å². The van der Waals surface area contributed by atoms with Gasteiger partial charge in [0.1, 0.15) is 17.0 Å². The van der Waals surface area contributed by atoms with Crippen LogP contribution >= 0.6 is 0 Å². The lowest BCUT2D eigenvalue weighted by molar-refractivity contribution is -0.117. The van der Waals surface area contributed by atoms with Gasteiger partial charge in [-0.1, -0.05) is 25.3 Å². The van der Waals surface area contributed by atoms with E-state index in [2.05, 4.69) is 26.3 Å². The number of ether oxygens (including phenoxy) is 1. The molecule has 7 nitrogen and oxygen atoms in total. The van der Waals surface area contributed by atoms with Crippen LogP contribution in [-0.2, 0) is 11.2 Å². The van der Waals surface area contributed by atoms with Gasteiger partial charge in [-0.15, -0.1) is 0 Å². The fraction of sp³-hybridized carbons (Fsp3) is 0.440. The summed E-state index contributed by atoms with van der Waals surface area (Å²) in [5.41, 5.74) is 4.01. The van der Waals surface area contributed by atoms with Gasteiger partial charge >= 0.3 is 0 Å². The molecule has 0 unspecified atom stereocenters. The predicted octanol–water partition coefficient (Wildman–Crippen LogP) is 4.82. The van der Waals surface area contributed by atoms with Crippen LogP contribution in [0.25, 0.3) is 11.2 Å². The number of rotatable bonds is 6. The minimum atomic E-state index is -0.126. The van der Waals surface area contributed by atoms with E-state index in [-0.39, 0.29) is 23.7 Å². The number of carbonyl (C=O) groups excluding carboxylic acids is 2. The van der Waals surface area contributed by atoms with Gasteiger partial charge in [0.15, 0.2) is 5.65 Å². The number of aryl methyl sites for hydroxylation is 1. The summed E-state index contributed by atoms with van der Waals surface area (Å²) in [5.74, 6) is 1.33. The smallest absolute Gasteiger partial charge is 0.255 e. The monoisotopic (exact) mass is 432 g/mol. The first-order valence-corrected chi connectivity index (χ1v) is 11.5. The number of H-pyrrole nitrogens is 1. The average Bonchev–Trinajstić information content (AvgIpc) is 3.38. The van der Waals surface area contributed by atoms with E-state index in [1.807, 2.05) is 12.1 Å². The highest BCUT2D eigenvalue weighted by Gasteiger charge is 2.24. The Bertz CT molecular complexity index is 1160. The number of nitrogens with one attached hydrogen (secondary N) is 2. The lowest BCUT2D eigenvalue weighted by Crippen LogP contribution is -2.36. The molecular weight excluding hydrogens is 404 g/mol. The number of benzene rings is 1. The number of amides is 1. The molecule has 3 aromatic rings. The van der Waals surface area contributed by atoms with Gasteiger partial charge in [-0.05, 0) is 61.8 Å². The normalized spacial score (nSPS) is 18.5. The number of ketones is 1. The van der Waals surface area contributed by atoms with Gasteiger partial charge in [-0.25, -0.2) is 9.97 Å². The van der Waals surface area contributed by atoms with E-state index in [9.17, 15) is 9.59 Å². The van der Waals surface area contributed by atoms with Crippen molar-refractivity contribution in [3.05, 3.63) is 47.3 Å². The van der Waals surface area contributed by atoms with Crippen LogP contribution in [0.15, 0.2) is 30.6 Å². The number of aromatic amines is 1. The van der Waals surface area contributed by atoms with E-state index in [1.165, 1.54) is 17.5 Å². The number of hydrogen-bond acceptors (Lipinski definition) is 5. The third-order valence-corrected chi connectivity index (χ3v) is 6.62. The fourth-order valence-electron chi connectivity index (χ4n) is 5.02. The molecule has 5 rings (SSSR count). The van der Waals surface area contributed by atoms with Gasteiger partial charge in [-0.2, -0.15) is 0 Å². The maximum atomic E-state index is 12.8. The number of carbonyl (C=O) groups is 2. The fourth-order valence-corrected chi connectivity index (χ4v) is 5.02. The predicted molar refractivity (Wildman–Crippen MR) is 121 cm³/mol. The lowest BCUT2D eigenvalue weighted by Gasteiger charge is -2.22. The van der Waals surface area contributed by atoms with Crippen molar-refractivity contribution in [1.82, 2.24) is 20.3 Å². The summed E-state index contributed by atoms with van der Waals surface area (Å²) < 4.78 is 6.02. The van der Waals surface area contributed by atoms with Gasteiger partial charge in [0, 0.05) is 18.7 Å². The molecule has 2 N–H and O–H groups in total. The quantitative estimate of drug-likeness (QED) is 0.582. The van der Waals surface area contributed by atoms with Crippen molar-refractivity contribution in [1.29, 1.82) is 0 Å². The van der Waals surface area contributed by atoms with Crippen molar-refractivity contribution < 1.29 is 14.3 Å². The van der Waals surface area contributed by atoms with Gasteiger partial charge < -0.3 is 19.8 Å². The Labute approximate surface area is 187 Å². The topological polar surface area (TPSA) is 97.0 Å². The minimum Gasteiger partial charge on any atom is -0.437 e. The summed E-state index contributed by atoms with van der Waals surface area (Å²) in [6, 6.07) is 6.23. The maximum absolute atomic E-state index is 12.8. The summed E-state index contributed by atoms with van der Waals surface area (Å²) in [4.78, 5) is 36.4. The van der Waals surface area contributed by atoms with Crippen LogP contribution in [0.2, 0.25) is 0 Å². The van der Waals surface area contributed by atoms with Crippen molar-refractivity contribution >= 4 is 22.9 Å². The molecule has 2 aliphatic carbocycles. The Morgan fingerprint density at radius 2 is 2.03 bits per heavy atom. The van der Waals surface area contributed by atoms with E-state index < -0.39 is 0 Å². The first kappa shape index (κ1) is 20.7. The first-order valence-electron chi connectivity index (χ1n) is 11.5. The Morgan fingerprint density at radius 3 is 2.84 bits per heavy atom. The standard InChI is InChI=1S/C25H28N4O3/c1-15(30)11-17-8-7-16-9-10-19(12-20(16)17)32-22-14-27-24-23(29-22)21(13-26-24)25(31)28-18-5-3-2-4-6-18/h9-10,12-14,17-18H,2-8,11H2,1H3,(H,26,27)(H,28,31)/t17-/m0/s1. The van der Waals surface area contributed by atoms with Crippen LogP contribution in [0.4, 0.5) is 0 Å². The molecule has 2 aromatic heterocycles. The van der Waals surface area contributed by atoms with E-state index >= 15 is 0 Å². The van der Waals surface area contributed by atoms with E-state index in [1.54, 1.807) is 19.3 Å². The Balaban J connectivity index is 1.36. The molecule has 1 atom stereocenters. The van der Waals surface area contributed by atoms with Crippen molar-refractivity contribution in [2.45, 2.75) is 70.3 Å². The molecule has 32 heavy (non-hydrogen) atoms. The van der Waals surface area contributed by atoms with Gasteiger partial charge in [0.25, 0.3) is 5.91 Å². The Morgan fingerprint density at radius 1 is 1.19 bits per heavy atom. The summed E-state index contributed by atoms with van der Waals surface area (Å²) in [6.45, 7) is 1.64. The second-order valence-corrected chi connectivity index (χ2v) is 9.02. The van der Waals surface area contributed by atoms with Crippen LogP contribution in [0.3, 0.4) is 0 Å². The van der Waals surface area contributed by atoms with Gasteiger partial charge in [0.05, 0.1) is 11.8 Å². The lowest BCUT2D eigenvalue weighted by atomic mass is 9.95. The largest absolute Gasteiger partial charge is 0.437 e. The van der Waals surface area contributed by atoms with Gasteiger partial charge in [-0.3, -0.25) is 4.79 Å². The molecule has 0 bridgehead atoms. The summed E-state index contributed by atoms with van der Waals surface area (Å²) in [5, 5.41) is 3.14. The third-order valence-electron chi connectivity index (χ3n) is 6.62. The van der Waals surface area contributed by atoms with Crippen molar-refractivity contribution in [3.8, 4) is 11.6 Å². The van der Waals surface area contributed by atoms with Crippen LogP contribution in [0, 0.1) is 0 Å². The summed E-state index contributed by atoms with van der Waals surface area (Å²) in [7, 11) is 0. The SMILES string of the molecule is CC(=O)C[C@@H]1CCc2ccc(Oc3cnc4[nH]cc(C(=O)NC5CCCCC5)c4n3)cc21. The molecule has 1 aromatic carbocycles. The second-order valence-electron chi connectivity index (χ2n) is 9.02. The van der Waals surface area contributed by atoms with E-state index in [0.717, 1.165) is 38.5 Å². The third kappa shape index (κ3) is 4.24.